The van der Waals surface area contributed by atoms with Crippen molar-refractivity contribution in [3.63, 3.8) is 0 Å². The molecule has 0 aliphatic rings. The van der Waals surface area contributed by atoms with Crippen LogP contribution < -0.4 is 19.8 Å². The lowest BCUT2D eigenvalue weighted by Gasteiger charge is -2.18. The molecule has 1 aromatic heterocycles. The van der Waals surface area contributed by atoms with Crippen molar-refractivity contribution in [3.8, 4) is 17.2 Å². The summed E-state index contributed by atoms with van der Waals surface area (Å²) >= 11 is 0. The van der Waals surface area contributed by atoms with Crippen LogP contribution in [0.2, 0.25) is 0 Å². The molecule has 0 radical (unpaired) electrons. The normalized spacial score (nSPS) is 11.5. The van der Waals surface area contributed by atoms with E-state index in [2.05, 4.69) is 46.8 Å². The van der Waals surface area contributed by atoms with E-state index in [-0.39, 0.29) is 11.3 Å². The number of nitrogens with zero attached hydrogens (tertiary/aromatic N) is 1. The summed E-state index contributed by atoms with van der Waals surface area (Å²) in [5.41, 5.74) is 2.99. The zero-order valence-corrected chi connectivity index (χ0v) is 23.7. The Morgan fingerprint density at radius 1 is 0.919 bits per heavy atom. The van der Waals surface area contributed by atoms with Gasteiger partial charge in [-0.2, -0.15) is 0 Å². The van der Waals surface area contributed by atoms with Crippen molar-refractivity contribution in [3.05, 3.63) is 51.9 Å². The molecular weight excluding hydrogens is 466 g/mol. The fourth-order valence-electron chi connectivity index (χ4n) is 4.05. The van der Waals surface area contributed by atoms with Gasteiger partial charge in [0.2, 0.25) is 5.75 Å². The first-order valence-corrected chi connectivity index (χ1v) is 13.7. The highest BCUT2D eigenvalue weighted by molar-refractivity contribution is 5.90. The van der Waals surface area contributed by atoms with Gasteiger partial charge < -0.3 is 18.8 Å². The summed E-state index contributed by atoms with van der Waals surface area (Å²) in [6, 6.07) is 5.67. The summed E-state index contributed by atoms with van der Waals surface area (Å²) in [5.74, 6) is 0.438. The first-order chi connectivity index (χ1) is 17.8. The second kappa shape index (κ2) is 16.0. The number of benzene rings is 1. The van der Waals surface area contributed by atoms with Gasteiger partial charge in [-0.15, -0.1) is 0 Å². The fourth-order valence-corrected chi connectivity index (χ4v) is 4.05. The van der Waals surface area contributed by atoms with E-state index < -0.39 is 5.97 Å². The lowest BCUT2D eigenvalue weighted by Crippen LogP contribution is -2.25. The molecule has 1 heterocycles. The highest BCUT2D eigenvalue weighted by Crippen LogP contribution is 2.35. The van der Waals surface area contributed by atoms with E-state index in [1.54, 1.807) is 4.57 Å². The number of aromatic nitrogens is 1. The molecule has 204 valence electrons. The predicted molar refractivity (Wildman–Crippen MR) is 152 cm³/mol. The smallest absolute Gasteiger partial charge is 0.308 e. The van der Waals surface area contributed by atoms with Crippen LogP contribution in [0.25, 0.3) is 10.9 Å². The molecule has 0 spiro atoms. The topological polar surface area (TPSA) is 66.8 Å². The average molecular weight is 512 g/mol. The SMILES string of the molecule is CCCCCCn1c(=O)c(OC(C)=O)c(OCCCC)c2ccc(OC/C=C(\C)CCC=C(C)C)cc21. The molecular formula is C31H45NO5. The highest BCUT2D eigenvalue weighted by atomic mass is 16.6. The Balaban J connectivity index is 2.44. The Hall–Kier alpha value is -3.02. The zero-order chi connectivity index (χ0) is 27.2. The molecule has 2 rings (SSSR count). The molecule has 6 nitrogen and oxygen atoms in total. The van der Waals surface area contributed by atoms with Crippen LogP contribution in [0.15, 0.2) is 46.3 Å². The quantitative estimate of drug-likeness (QED) is 0.131. The number of fused-ring (bicyclic) bond motifs is 1. The molecule has 0 saturated heterocycles. The van der Waals surface area contributed by atoms with Gasteiger partial charge in [0.15, 0.2) is 5.75 Å². The number of aryl methyl sites for hydroxylation is 1. The number of ether oxygens (including phenoxy) is 3. The largest absolute Gasteiger partial charge is 0.489 e. The van der Waals surface area contributed by atoms with Crippen LogP contribution in [0.1, 0.15) is 92.9 Å². The Kier molecular flexibility index (Phi) is 13.0. The Morgan fingerprint density at radius 3 is 2.35 bits per heavy atom. The van der Waals surface area contributed by atoms with Gasteiger partial charge in [0.1, 0.15) is 12.4 Å². The van der Waals surface area contributed by atoms with Gasteiger partial charge in [-0.05, 0) is 64.7 Å². The van der Waals surface area contributed by atoms with Crippen molar-refractivity contribution in [1.29, 1.82) is 0 Å². The van der Waals surface area contributed by atoms with Crippen molar-refractivity contribution >= 4 is 16.9 Å². The summed E-state index contributed by atoms with van der Waals surface area (Å²) in [6.45, 7) is 13.3. The first-order valence-electron chi connectivity index (χ1n) is 13.7. The van der Waals surface area contributed by atoms with Crippen molar-refractivity contribution in [2.75, 3.05) is 13.2 Å². The molecule has 6 heteroatoms. The van der Waals surface area contributed by atoms with Gasteiger partial charge in [0.05, 0.1) is 12.1 Å². The summed E-state index contributed by atoms with van der Waals surface area (Å²) in [4.78, 5) is 25.4. The molecule has 0 amide bonds. The van der Waals surface area contributed by atoms with Gasteiger partial charge in [0, 0.05) is 24.9 Å². The maximum absolute atomic E-state index is 13.5. The van der Waals surface area contributed by atoms with Crippen molar-refractivity contribution < 1.29 is 19.0 Å². The molecule has 0 unspecified atom stereocenters. The number of hydrogen-bond acceptors (Lipinski definition) is 5. The van der Waals surface area contributed by atoms with Crippen LogP contribution >= 0.6 is 0 Å². The monoisotopic (exact) mass is 511 g/mol. The highest BCUT2D eigenvalue weighted by Gasteiger charge is 2.21. The molecule has 0 aliphatic carbocycles. The number of rotatable bonds is 16. The number of hydrogen-bond donors (Lipinski definition) is 0. The fraction of sp³-hybridized carbons (Fsp3) is 0.548. The zero-order valence-electron chi connectivity index (χ0n) is 23.7. The van der Waals surface area contributed by atoms with Crippen LogP contribution in [0.4, 0.5) is 0 Å². The third kappa shape index (κ3) is 9.75. The molecule has 1 aromatic carbocycles. The number of allylic oxidation sites excluding steroid dienone is 3. The first kappa shape index (κ1) is 30.2. The number of carbonyl (C=O) groups excluding carboxylic acids is 1. The molecule has 0 fully saturated rings. The molecule has 0 aliphatic heterocycles. The van der Waals surface area contributed by atoms with Gasteiger partial charge >= 0.3 is 5.97 Å². The van der Waals surface area contributed by atoms with Crippen molar-refractivity contribution in [1.82, 2.24) is 4.57 Å². The maximum Gasteiger partial charge on any atom is 0.308 e. The third-order valence-corrected chi connectivity index (χ3v) is 6.15. The number of unbranched alkanes of at least 4 members (excludes halogenated alkanes) is 4. The van der Waals surface area contributed by atoms with E-state index in [1.165, 1.54) is 18.1 Å². The van der Waals surface area contributed by atoms with E-state index in [0.717, 1.165) is 62.3 Å². The summed E-state index contributed by atoms with van der Waals surface area (Å²) < 4.78 is 19.2. The van der Waals surface area contributed by atoms with Gasteiger partial charge in [-0.1, -0.05) is 56.8 Å². The van der Waals surface area contributed by atoms with Crippen molar-refractivity contribution in [2.24, 2.45) is 0 Å². The molecule has 0 bridgehead atoms. The van der Waals surface area contributed by atoms with Crippen molar-refractivity contribution in [2.45, 2.75) is 99.5 Å². The minimum Gasteiger partial charge on any atom is -0.489 e. The summed E-state index contributed by atoms with van der Waals surface area (Å²) in [5, 5.41) is 0.739. The van der Waals surface area contributed by atoms with Crippen LogP contribution in [0, 0.1) is 0 Å². The second-order valence-corrected chi connectivity index (χ2v) is 9.83. The molecule has 37 heavy (non-hydrogen) atoms. The standard InChI is InChI=1S/C31H45NO5/c1-7-9-11-12-19-32-28-22-26(35-21-18-24(5)15-13-14-23(3)4)16-17-27(28)29(36-20-10-8-2)30(31(32)34)37-25(6)33/h14,16-18,22H,7-13,15,19-21H2,1-6H3/b24-18+. The average Bonchev–Trinajstić information content (AvgIpc) is 2.84. The Morgan fingerprint density at radius 2 is 1.68 bits per heavy atom. The van der Waals surface area contributed by atoms with Gasteiger partial charge in [-0.25, -0.2) is 0 Å². The Labute approximate surface area is 222 Å². The van der Waals surface area contributed by atoms with E-state index >= 15 is 0 Å². The minimum atomic E-state index is -0.541. The molecule has 0 N–H and O–H groups in total. The lowest BCUT2D eigenvalue weighted by molar-refractivity contribution is -0.132. The van der Waals surface area contributed by atoms with Gasteiger partial charge in [-0.3, -0.25) is 9.59 Å². The summed E-state index contributed by atoms with van der Waals surface area (Å²) in [6.07, 6.45) is 12.3. The molecule has 0 saturated carbocycles. The molecule has 0 atom stereocenters. The Bertz CT molecular complexity index is 1140. The number of carbonyl (C=O) groups is 1. The second-order valence-electron chi connectivity index (χ2n) is 9.83. The number of pyridine rings is 1. The van der Waals surface area contributed by atoms with E-state index in [4.69, 9.17) is 14.2 Å². The summed E-state index contributed by atoms with van der Waals surface area (Å²) in [7, 11) is 0. The van der Waals surface area contributed by atoms with Crippen LogP contribution in [-0.2, 0) is 11.3 Å². The maximum atomic E-state index is 13.5. The van der Waals surface area contributed by atoms with E-state index in [9.17, 15) is 9.59 Å². The number of esters is 1. The predicted octanol–water partition coefficient (Wildman–Crippen LogP) is 7.76. The lowest BCUT2D eigenvalue weighted by atomic mass is 10.1. The molecule has 2 aromatic rings. The van der Waals surface area contributed by atoms with E-state index in [1.807, 2.05) is 18.2 Å². The van der Waals surface area contributed by atoms with Crippen LogP contribution in [0.3, 0.4) is 0 Å². The minimum absolute atomic E-state index is 0.0322. The van der Waals surface area contributed by atoms with Gasteiger partial charge in [0.25, 0.3) is 5.56 Å². The third-order valence-electron chi connectivity index (χ3n) is 6.15. The van der Waals surface area contributed by atoms with E-state index in [0.29, 0.717) is 31.3 Å². The van der Waals surface area contributed by atoms with Crippen LogP contribution in [-0.4, -0.2) is 23.8 Å². The van der Waals surface area contributed by atoms with Crippen LogP contribution in [0.5, 0.6) is 17.2 Å².